The Morgan fingerprint density at radius 1 is 1.18 bits per heavy atom. The van der Waals surface area contributed by atoms with Crippen LogP contribution in [0.3, 0.4) is 0 Å². The molecular formula is C14H26N2O. The molecule has 17 heavy (non-hydrogen) atoms. The Hall–Kier alpha value is -0.120. The van der Waals surface area contributed by atoms with Crippen LogP contribution in [0, 0.1) is 5.92 Å². The van der Waals surface area contributed by atoms with E-state index >= 15 is 0 Å². The lowest BCUT2D eigenvalue weighted by molar-refractivity contribution is 0.0478. The summed E-state index contributed by atoms with van der Waals surface area (Å²) < 4.78 is 5.72. The first-order chi connectivity index (χ1) is 8.34. The van der Waals surface area contributed by atoms with Crippen LogP contribution in [0.2, 0.25) is 0 Å². The maximum atomic E-state index is 5.72. The summed E-state index contributed by atoms with van der Waals surface area (Å²) >= 11 is 0. The number of piperidine rings is 1. The van der Waals surface area contributed by atoms with Gasteiger partial charge in [0.1, 0.15) is 0 Å². The highest BCUT2D eigenvalue weighted by Crippen LogP contribution is 2.29. The number of rotatable bonds is 2. The molecular weight excluding hydrogens is 212 g/mol. The summed E-state index contributed by atoms with van der Waals surface area (Å²) in [4.78, 5) is 2.71. The molecule has 3 aliphatic rings. The van der Waals surface area contributed by atoms with Crippen molar-refractivity contribution >= 4 is 0 Å². The third-order valence-electron chi connectivity index (χ3n) is 4.96. The summed E-state index contributed by atoms with van der Waals surface area (Å²) in [6, 6.07) is 1.50. The van der Waals surface area contributed by atoms with Gasteiger partial charge in [-0.1, -0.05) is 0 Å². The van der Waals surface area contributed by atoms with E-state index in [2.05, 4.69) is 17.1 Å². The molecule has 3 fully saturated rings. The van der Waals surface area contributed by atoms with Crippen LogP contribution in [0.4, 0.5) is 0 Å². The van der Waals surface area contributed by atoms with Gasteiger partial charge >= 0.3 is 0 Å². The van der Waals surface area contributed by atoms with Gasteiger partial charge in [-0.05, 0) is 58.0 Å². The molecule has 3 nitrogen and oxygen atoms in total. The van der Waals surface area contributed by atoms with E-state index in [9.17, 15) is 0 Å². The van der Waals surface area contributed by atoms with E-state index in [1.54, 1.807) is 0 Å². The Balaban J connectivity index is 1.59. The second-order valence-corrected chi connectivity index (χ2v) is 6.03. The lowest BCUT2D eigenvalue weighted by Crippen LogP contribution is -2.49. The monoisotopic (exact) mass is 238 g/mol. The number of hydrogen-bond acceptors (Lipinski definition) is 3. The molecule has 4 atom stereocenters. The van der Waals surface area contributed by atoms with E-state index < -0.39 is 0 Å². The van der Waals surface area contributed by atoms with Crippen molar-refractivity contribution in [1.82, 2.24) is 10.2 Å². The average Bonchev–Trinajstić information content (AvgIpc) is 2.99. The zero-order valence-electron chi connectivity index (χ0n) is 11.0. The third kappa shape index (κ3) is 2.51. The molecule has 3 aliphatic heterocycles. The maximum absolute atomic E-state index is 5.72. The molecule has 0 aromatic rings. The summed E-state index contributed by atoms with van der Waals surface area (Å²) in [7, 11) is 0. The second kappa shape index (κ2) is 5.25. The largest absolute Gasteiger partial charge is 0.377 e. The van der Waals surface area contributed by atoms with E-state index in [1.165, 1.54) is 51.7 Å². The first-order valence-corrected chi connectivity index (χ1v) is 7.43. The van der Waals surface area contributed by atoms with Crippen molar-refractivity contribution in [2.45, 2.75) is 57.2 Å². The van der Waals surface area contributed by atoms with Gasteiger partial charge in [-0.25, -0.2) is 0 Å². The van der Waals surface area contributed by atoms with E-state index in [4.69, 9.17) is 4.74 Å². The molecule has 3 saturated heterocycles. The van der Waals surface area contributed by atoms with Crippen molar-refractivity contribution in [3.8, 4) is 0 Å². The highest BCUT2D eigenvalue weighted by Gasteiger charge is 2.35. The van der Waals surface area contributed by atoms with Crippen molar-refractivity contribution in [3.63, 3.8) is 0 Å². The van der Waals surface area contributed by atoms with Gasteiger partial charge in [0.25, 0.3) is 0 Å². The van der Waals surface area contributed by atoms with Crippen LogP contribution in [-0.4, -0.2) is 49.3 Å². The fourth-order valence-corrected chi connectivity index (χ4v) is 3.98. The van der Waals surface area contributed by atoms with E-state index in [-0.39, 0.29) is 0 Å². The van der Waals surface area contributed by atoms with Gasteiger partial charge in [0, 0.05) is 25.2 Å². The van der Waals surface area contributed by atoms with Gasteiger partial charge in [0.2, 0.25) is 0 Å². The molecule has 0 aromatic carbocycles. The topological polar surface area (TPSA) is 24.5 Å². The Kier molecular flexibility index (Phi) is 3.69. The average molecular weight is 238 g/mol. The number of hydrogen-bond donors (Lipinski definition) is 1. The molecule has 0 aromatic heterocycles. The number of likely N-dealkylation sites (tertiary alicyclic amines) is 1. The van der Waals surface area contributed by atoms with Gasteiger partial charge in [-0.3, -0.25) is 4.90 Å². The van der Waals surface area contributed by atoms with Crippen LogP contribution in [-0.2, 0) is 4.74 Å². The Bertz CT molecular complexity index is 253. The van der Waals surface area contributed by atoms with Crippen molar-refractivity contribution in [2.24, 2.45) is 5.92 Å². The van der Waals surface area contributed by atoms with Gasteiger partial charge in [0.15, 0.2) is 0 Å². The van der Waals surface area contributed by atoms with Crippen LogP contribution in [0.1, 0.15) is 39.0 Å². The fourth-order valence-electron chi connectivity index (χ4n) is 3.98. The van der Waals surface area contributed by atoms with Crippen LogP contribution in [0.5, 0.6) is 0 Å². The smallest absolute Gasteiger partial charge is 0.0703 e. The van der Waals surface area contributed by atoms with Gasteiger partial charge < -0.3 is 10.1 Å². The molecule has 3 heteroatoms. The Labute approximate surface area is 105 Å². The highest BCUT2D eigenvalue weighted by atomic mass is 16.5. The van der Waals surface area contributed by atoms with Crippen LogP contribution >= 0.6 is 0 Å². The zero-order valence-corrected chi connectivity index (χ0v) is 11.0. The van der Waals surface area contributed by atoms with E-state index in [1.807, 2.05) is 0 Å². The predicted molar refractivity (Wildman–Crippen MR) is 69.1 cm³/mol. The predicted octanol–water partition coefficient (Wildman–Crippen LogP) is 1.63. The van der Waals surface area contributed by atoms with E-state index in [0.29, 0.717) is 12.1 Å². The molecule has 0 spiro atoms. The fraction of sp³-hybridized carbons (Fsp3) is 1.00. The first kappa shape index (κ1) is 11.9. The standard InChI is InChI=1S/C14H26N2O/c1-11-14(6-9-17-11)16-8-3-4-12(10-16)13-5-2-7-15-13/h11-15H,2-10H2,1H3. The van der Waals surface area contributed by atoms with Crippen LogP contribution < -0.4 is 5.32 Å². The Morgan fingerprint density at radius 3 is 2.82 bits per heavy atom. The minimum Gasteiger partial charge on any atom is -0.377 e. The first-order valence-electron chi connectivity index (χ1n) is 7.43. The zero-order chi connectivity index (χ0) is 11.7. The molecule has 0 saturated carbocycles. The summed E-state index contributed by atoms with van der Waals surface area (Å²) in [5.41, 5.74) is 0. The molecule has 0 aliphatic carbocycles. The van der Waals surface area contributed by atoms with Crippen molar-refractivity contribution in [3.05, 3.63) is 0 Å². The quantitative estimate of drug-likeness (QED) is 0.791. The SMILES string of the molecule is CC1OCCC1N1CCCC(C2CCCN2)C1. The van der Waals surface area contributed by atoms with Gasteiger partial charge in [0.05, 0.1) is 6.10 Å². The summed E-state index contributed by atoms with van der Waals surface area (Å²) in [5.74, 6) is 0.888. The van der Waals surface area contributed by atoms with Crippen molar-refractivity contribution in [1.29, 1.82) is 0 Å². The minimum absolute atomic E-state index is 0.449. The van der Waals surface area contributed by atoms with Crippen LogP contribution in [0.25, 0.3) is 0 Å². The minimum atomic E-state index is 0.449. The normalized spacial score (nSPS) is 44.3. The Morgan fingerprint density at radius 2 is 2.12 bits per heavy atom. The second-order valence-electron chi connectivity index (χ2n) is 6.03. The summed E-state index contributed by atoms with van der Waals surface area (Å²) in [5, 5.41) is 3.69. The molecule has 3 heterocycles. The van der Waals surface area contributed by atoms with Gasteiger partial charge in [-0.15, -0.1) is 0 Å². The summed E-state index contributed by atoms with van der Waals surface area (Å²) in [6.07, 6.45) is 7.28. The van der Waals surface area contributed by atoms with Crippen molar-refractivity contribution in [2.75, 3.05) is 26.2 Å². The number of nitrogens with zero attached hydrogens (tertiary/aromatic N) is 1. The number of nitrogens with one attached hydrogen (secondary N) is 1. The molecule has 0 amide bonds. The number of ether oxygens (including phenoxy) is 1. The van der Waals surface area contributed by atoms with E-state index in [0.717, 1.165) is 18.6 Å². The highest BCUT2D eigenvalue weighted by molar-refractivity contribution is 4.90. The molecule has 3 rings (SSSR count). The molecule has 0 radical (unpaired) electrons. The van der Waals surface area contributed by atoms with Gasteiger partial charge in [-0.2, -0.15) is 0 Å². The maximum Gasteiger partial charge on any atom is 0.0703 e. The van der Waals surface area contributed by atoms with Crippen LogP contribution in [0.15, 0.2) is 0 Å². The molecule has 4 unspecified atom stereocenters. The third-order valence-corrected chi connectivity index (χ3v) is 4.96. The van der Waals surface area contributed by atoms with Crippen molar-refractivity contribution < 1.29 is 4.74 Å². The molecule has 98 valence electrons. The summed E-state index contributed by atoms with van der Waals surface area (Å²) in [6.45, 7) is 7.05. The molecule has 0 bridgehead atoms. The lowest BCUT2D eigenvalue weighted by Gasteiger charge is -2.40. The molecule has 1 N–H and O–H groups in total. The lowest BCUT2D eigenvalue weighted by atomic mass is 9.88.